The lowest BCUT2D eigenvalue weighted by atomic mass is 10.2. The van der Waals surface area contributed by atoms with Crippen LogP contribution in [0.25, 0.3) is 0 Å². The summed E-state index contributed by atoms with van der Waals surface area (Å²) in [5.41, 5.74) is 5.63. The first kappa shape index (κ1) is 12.7. The number of hydrogen-bond donors (Lipinski definition) is 1. The van der Waals surface area contributed by atoms with E-state index in [4.69, 9.17) is 22.1 Å². The van der Waals surface area contributed by atoms with Gasteiger partial charge in [-0.15, -0.1) is 11.3 Å². The molecule has 1 aliphatic heterocycles. The van der Waals surface area contributed by atoms with Gasteiger partial charge < -0.3 is 15.4 Å². The molecule has 0 bridgehead atoms. The summed E-state index contributed by atoms with van der Waals surface area (Å²) in [4.78, 5) is 11.4. The Labute approximate surface area is 120 Å². The summed E-state index contributed by atoms with van der Waals surface area (Å²) in [5, 5.41) is 2.42. The number of thiophene rings is 1. The van der Waals surface area contributed by atoms with E-state index in [0.717, 1.165) is 18.9 Å². The van der Waals surface area contributed by atoms with E-state index in [1.807, 2.05) is 6.07 Å². The maximum atomic E-state index is 5.92. The minimum absolute atomic E-state index is 0.0729. The summed E-state index contributed by atoms with van der Waals surface area (Å²) in [5.74, 6) is 0.948. The molecule has 0 saturated carbocycles. The molecule has 2 aromatic heterocycles. The molecular formula is C12H13ClN4OS. The van der Waals surface area contributed by atoms with E-state index in [9.17, 15) is 0 Å². The molecule has 1 fully saturated rings. The van der Waals surface area contributed by atoms with Gasteiger partial charge in [-0.05, 0) is 11.4 Å². The zero-order chi connectivity index (χ0) is 13.2. The maximum absolute atomic E-state index is 5.92. The third-order valence-corrected chi connectivity index (χ3v) is 4.11. The minimum Gasteiger partial charge on any atom is -0.369 e. The summed E-state index contributed by atoms with van der Waals surface area (Å²) >= 11 is 7.62. The predicted octanol–water partition coefficient (Wildman–Crippen LogP) is 2.35. The number of morpholine rings is 1. The number of nitrogen functional groups attached to an aromatic ring is 1. The van der Waals surface area contributed by atoms with Crippen LogP contribution in [0.1, 0.15) is 11.0 Å². The van der Waals surface area contributed by atoms with Gasteiger partial charge in [-0.1, -0.05) is 17.7 Å². The molecule has 1 atom stereocenters. The van der Waals surface area contributed by atoms with Crippen molar-refractivity contribution in [3.05, 3.63) is 33.6 Å². The molecule has 5 nitrogen and oxygen atoms in total. The highest BCUT2D eigenvalue weighted by Crippen LogP contribution is 2.28. The van der Waals surface area contributed by atoms with E-state index in [0.29, 0.717) is 11.8 Å². The Morgan fingerprint density at radius 2 is 2.37 bits per heavy atom. The van der Waals surface area contributed by atoms with Gasteiger partial charge in [-0.2, -0.15) is 4.98 Å². The van der Waals surface area contributed by atoms with Crippen LogP contribution in [0, 0.1) is 0 Å². The molecule has 0 aliphatic carbocycles. The third kappa shape index (κ3) is 2.80. The van der Waals surface area contributed by atoms with Crippen LogP contribution in [-0.2, 0) is 4.74 Å². The average molecular weight is 297 g/mol. The molecular weight excluding hydrogens is 284 g/mol. The van der Waals surface area contributed by atoms with E-state index in [1.165, 1.54) is 4.88 Å². The molecule has 3 rings (SSSR count). The lowest BCUT2D eigenvalue weighted by Crippen LogP contribution is -2.38. The van der Waals surface area contributed by atoms with Gasteiger partial charge in [0.15, 0.2) is 0 Å². The molecule has 0 spiro atoms. The monoisotopic (exact) mass is 296 g/mol. The molecule has 2 N–H and O–H groups in total. The van der Waals surface area contributed by atoms with E-state index >= 15 is 0 Å². The van der Waals surface area contributed by atoms with Gasteiger partial charge in [0.1, 0.15) is 17.1 Å². The number of hydrogen-bond acceptors (Lipinski definition) is 6. The topological polar surface area (TPSA) is 64.3 Å². The van der Waals surface area contributed by atoms with E-state index in [1.54, 1.807) is 17.4 Å². The number of ether oxygens (including phenoxy) is 1. The third-order valence-electron chi connectivity index (χ3n) is 2.95. The lowest BCUT2D eigenvalue weighted by molar-refractivity contribution is 0.0418. The van der Waals surface area contributed by atoms with Crippen molar-refractivity contribution in [1.82, 2.24) is 9.97 Å². The summed E-state index contributed by atoms with van der Waals surface area (Å²) in [6.07, 6.45) is 0.0729. The second-order valence-electron chi connectivity index (χ2n) is 4.23. The van der Waals surface area contributed by atoms with Crippen LogP contribution in [0.15, 0.2) is 23.6 Å². The molecule has 100 valence electrons. The van der Waals surface area contributed by atoms with Crippen molar-refractivity contribution >= 4 is 34.7 Å². The molecule has 0 aromatic carbocycles. The Kier molecular flexibility index (Phi) is 3.54. The van der Waals surface area contributed by atoms with Gasteiger partial charge >= 0.3 is 0 Å². The molecule has 1 aliphatic rings. The van der Waals surface area contributed by atoms with Crippen molar-refractivity contribution in [3.63, 3.8) is 0 Å². The fraction of sp³-hybridized carbons (Fsp3) is 0.333. The van der Waals surface area contributed by atoms with Gasteiger partial charge in [-0.3, -0.25) is 0 Å². The number of rotatable bonds is 2. The van der Waals surface area contributed by atoms with Gasteiger partial charge in [0, 0.05) is 17.5 Å². The number of nitrogens with zero attached hydrogens (tertiary/aromatic N) is 3. The largest absolute Gasteiger partial charge is 0.369 e. The van der Waals surface area contributed by atoms with Crippen LogP contribution in [0.5, 0.6) is 0 Å². The van der Waals surface area contributed by atoms with Crippen LogP contribution in [0.3, 0.4) is 0 Å². The second kappa shape index (κ2) is 5.32. The second-order valence-corrected chi connectivity index (χ2v) is 5.59. The normalized spacial score (nSPS) is 19.6. The van der Waals surface area contributed by atoms with Crippen molar-refractivity contribution in [2.45, 2.75) is 6.10 Å². The Balaban J connectivity index is 1.81. The fourth-order valence-electron chi connectivity index (χ4n) is 2.09. The Hall–Kier alpha value is -1.37. The van der Waals surface area contributed by atoms with Crippen LogP contribution in [-0.4, -0.2) is 29.7 Å². The number of nitrogens with two attached hydrogens (primary N) is 1. The highest BCUT2D eigenvalue weighted by Gasteiger charge is 2.24. The van der Waals surface area contributed by atoms with Crippen molar-refractivity contribution < 1.29 is 4.74 Å². The first-order valence-electron chi connectivity index (χ1n) is 5.92. The Morgan fingerprint density at radius 3 is 3.11 bits per heavy atom. The van der Waals surface area contributed by atoms with Crippen LogP contribution in [0.2, 0.25) is 5.15 Å². The standard InChI is InChI=1S/C12H13ClN4OS/c13-10-6-11(16-12(14)15-10)17-3-4-18-8(7-17)9-2-1-5-19-9/h1-2,5-6,8H,3-4,7H2,(H2,14,15,16). The van der Waals surface area contributed by atoms with Gasteiger partial charge in [-0.25, -0.2) is 4.98 Å². The lowest BCUT2D eigenvalue weighted by Gasteiger charge is -2.33. The molecule has 0 amide bonds. The summed E-state index contributed by atoms with van der Waals surface area (Å²) in [6, 6.07) is 5.84. The number of halogens is 1. The summed E-state index contributed by atoms with van der Waals surface area (Å²) in [6.45, 7) is 2.17. The maximum Gasteiger partial charge on any atom is 0.223 e. The summed E-state index contributed by atoms with van der Waals surface area (Å²) < 4.78 is 5.80. The first-order valence-corrected chi connectivity index (χ1v) is 7.18. The molecule has 19 heavy (non-hydrogen) atoms. The average Bonchev–Trinajstić information content (AvgIpc) is 2.92. The molecule has 0 radical (unpaired) electrons. The van der Waals surface area contributed by atoms with Crippen molar-refractivity contribution in [3.8, 4) is 0 Å². The minimum atomic E-state index is 0.0729. The molecule has 1 unspecified atom stereocenters. The van der Waals surface area contributed by atoms with Crippen LogP contribution >= 0.6 is 22.9 Å². The Bertz CT molecular complexity index is 543. The van der Waals surface area contributed by atoms with Crippen LogP contribution in [0.4, 0.5) is 11.8 Å². The van der Waals surface area contributed by atoms with Gasteiger partial charge in [0.2, 0.25) is 5.95 Å². The summed E-state index contributed by atoms with van der Waals surface area (Å²) in [7, 11) is 0. The molecule has 2 aromatic rings. The van der Waals surface area contributed by atoms with Gasteiger partial charge in [0.25, 0.3) is 0 Å². The predicted molar refractivity (Wildman–Crippen MR) is 76.7 cm³/mol. The molecule has 3 heterocycles. The van der Waals surface area contributed by atoms with Crippen molar-refractivity contribution in [2.75, 3.05) is 30.3 Å². The zero-order valence-corrected chi connectivity index (χ0v) is 11.7. The van der Waals surface area contributed by atoms with Crippen LogP contribution < -0.4 is 10.6 Å². The first-order chi connectivity index (χ1) is 9.22. The van der Waals surface area contributed by atoms with E-state index < -0.39 is 0 Å². The Morgan fingerprint density at radius 1 is 1.47 bits per heavy atom. The highest BCUT2D eigenvalue weighted by atomic mass is 35.5. The van der Waals surface area contributed by atoms with Crippen molar-refractivity contribution in [2.24, 2.45) is 0 Å². The SMILES string of the molecule is Nc1nc(Cl)cc(N2CCOC(c3cccs3)C2)n1. The number of aromatic nitrogens is 2. The quantitative estimate of drug-likeness (QED) is 0.862. The fourth-order valence-corrected chi connectivity index (χ4v) is 3.04. The highest BCUT2D eigenvalue weighted by molar-refractivity contribution is 7.10. The van der Waals surface area contributed by atoms with E-state index in [2.05, 4.69) is 26.3 Å². The number of anilines is 2. The van der Waals surface area contributed by atoms with Crippen molar-refractivity contribution in [1.29, 1.82) is 0 Å². The smallest absolute Gasteiger partial charge is 0.223 e. The molecule has 1 saturated heterocycles. The zero-order valence-electron chi connectivity index (χ0n) is 10.1. The van der Waals surface area contributed by atoms with Gasteiger partial charge in [0.05, 0.1) is 13.2 Å². The molecule has 7 heteroatoms. The van der Waals surface area contributed by atoms with E-state index in [-0.39, 0.29) is 12.1 Å².